The molecule has 20 heavy (non-hydrogen) atoms. The van der Waals surface area contributed by atoms with Gasteiger partial charge in [-0.05, 0) is 19.2 Å². The summed E-state index contributed by atoms with van der Waals surface area (Å²) in [5.41, 5.74) is 0.0820. The van der Waals surface area contributed by atoms with Crippen molar-refractivity contribution in [2.75, 3.05) is 20.3 Å². The number of alkyl halides is 3. The van der Waals surface area contributed by atoms with Crippen LogP contribution in [0.15, 0.2) is 28.7 Å². The van der Waals surface area contributed by atoms with Gasteiger partial charge in [0, 0.05) is 5.39 Å². The fraction of sp³-hybridized carbons (Fsp3) is 0.385. The Morgan fingerprint density at radius 2 is 2.10 bits per heavy atom. The minimum absolute atomic E-state index is 0.0820. The molecule has 0 radical (unpaired) electrons. The second-order valence-electron chi connectivity index (χ2n) is 4.28. The van der Waals surface area contributed by atoms with E-state index in [0.29, 0.717) is 11.1 Å². The molecular formula is C13H13F4NO2. The van der Waals surface area contributed by atoms with Gasteiger partial charge < -0.3 is 14.5 Å². The summed E-state index contributed by atoms with van der Waals surface area (Å²) in [6.07, 6.45) is -4.38. The summed E-state index contributed by atoms with van der Waals surface area (Å²) in [4.78, 5) is 0. The first kappa shape index (κ1) is 14.8. The second-order valence-corrected chi connectivity index (χ2v) is 4.28. The van der Waals surface area contributed by atoms with E-state index in [4.69, 9.17) is 4.42 Å². The Labute approximate surface area is 112 Å². The number of rotatable bonds is 5. The molecule has 2 rings (SSSR count). The van der Waals surface area contributed by atoms with E-state index in [1.54, 1.807) is 19.2 Å². The molecule has 0 spiro atoms. The Morgan fingerprint density at radius 3 is 2.70 bits per heavy atom. The molecule has 7 heteroatoms. The molecule has 0 aliphatic rings. The molecule has 3 nitrogen and oxygen atoms in total. The average Bonchev–Trinajstić information content (AvgIpc) is 2.78. The van der Waals surface area contributed by atoms with Crippen molar-refractivity contribution in [2.45, 2.75) is 12.2 Å². The van der Waals surface area contributed by atoms with Gasteiger partial charge in [-0.2, -0.15) is 13.2 Å². The maximum absolute atomic E-state index is 13.5. The highest BCUT2D eigenvalue weighted by molar-refractivity contribution is 5.78. The molecule has 1 heterocycles. The van der Waals surface area contributed by atoms with Crippen molar-refractivity contribution >= 4 is 11.0 Å². The Balaban J connectivity index is 2.11. The molecule has 0 saturated carbocycles. The number of furan rings is 1. The van der Waals surface area contributed by atoms with E-state index < -0.39 is 24.6 Å². The van der Waals surface area contributed by atoms with E-state index in [1.807, 2.05) is 0 Å². The molecular weight excluding hydrogens is 278 g/mol. The minimum Gasteiger partial charge on any atom is -0.456 e. The van der Waals surface area contributed by atoms with Crippen molar-refractivity contribution in [3.8, 4) is 0 Å². The highest BCUT2D eigenvalue weighted by atomic mass is 19.4. The molecule has 2 aromatic rings. The molecule has 0 bridgehead atoms. The summed E-state index contributed by atoms with van der Waals surface area (Å²) >= 11 is 0. The normalized spacial score (nSPS) is 13.8. The van der Waals surface area contributed by atoms with Crippen molar-refractivity contribution < 1.29 is 26.7 Å². The van der Waals surface area contributed by atoms with Crippen LogP contribution in [0.2, 0.25) is 0 Å². The smallest absolute Gasteiger partial charge is 0.411 e. The maximum atomic E-state index is 13.5. The number of nitrogens with one attached hydrogen (secondary N) is 1. The third kappa shape index (κ3) is 3.49. The monoisotopic (exact) mass is 291 g/mol. The summed E-state index contributed by atoms with van der Waals surface area (Å²) in [6, 6.07) is 5.45. The zero-order valence-corrected chi connectivity index (χ0v) is 10.6. The number of ether oxygens (including phenoxy) is 1. The van der Waals surface area contributed by atoms with E-state index >= 15 is 0 Å². The van der Waals surface area contributed by atoms with E-state index in [9.17, 15) is 17.6 Å². The fourth-order valence-corrected chi connectivity index (χ4v) is 1.82. The zero-order chi connectivity index (χ0) is 14.8. The Morgan fingerprint density at radius 1 is 1.35 bits per heavy atom. The fourth-order valence-electron chi connectivity index (χ4n) is 1.82. The van der Waals surface area contributed by atoms with Crippen LogP contribution < -0.4 is 5.32 Å². The van der Waals surface area contributed by atoms with Gasteiger partial charge in [0.2, 0.25) is 0 Å². The van der Waals surface area contributed by atoms with E-state index in [1.165, 1.54) is 12.1 Å². The number of benzene rings is 1. The Hall–Kier alpha value is -1.60. The first-order valence-corrected chi connectivity index (χ1v) is 5.90. The number of fused-ring (bicyclic) bond motifs is 1. The van der Waals surface area contributed by atoms with Crippen LogP contribution in [0.5, 0.6) is 0 Å². The Bertz CT molecular complexity index is 579. The van der Waals surface area contributed by atoms with Gasteiger partial charge in [-0.15, -0.1) is 0 Å². The molecule has 1 aromatic carbocycles. The number of hydrogen-bond donors (Lipinski definition) is 1. The first-order valence-electron chi connectivity index (χ1n) is 5.90. The lowest BCUT2D eigenvalue weighted by atomic mass is 10.2. The highest BCUT2D eigenvalue weighted by Gasteiger charge is 2.28. The van der Waals surface area contributed by atoms with Crippen LogP contribution in [0, 0.1) is 5.82 Å². The van der Waals surface area contributed by atoms with E-state index in [2.05, 4.69) is 10.1 Å². The summed E-state index contributed by atoms with van der Waals surface area (Å²) in [7, 11) is 1.56. The van der Waals surface area contributed by atoms with Gasteiger partial charge >= 0.3 is 6.18 Å². The van der Waals surface area contributed by atoms with E-state index in [-0.39, 0.29) is 12.2 Å². The van der Waals surface area contributed by atoms with Gasteiger partial charge in [-0.25, -0.2) is 4.39 Å². The van der Waals surface area contributed by atoms with Gasteiger partial charge in [0.05, 0.1) is 12.6 Å². The van der Waals surface area contributed by atoms with Crippen molar-refractivity contribution in [3.63, 3.8) is 0 Å². The van der Waals surface area contributed by atoms with Gasteiger partial charge in [0.15, 0.2) is 11.4 Å². The van der Waals surface area contributed by atoms with Crippen LogP contribution in [0.4, 0.5) is 17.6 Å². The molecule has 1 unspecified atom stereocenters. The van der Waals surface area contributed by atoms with Gasteiger partial charge in [-0.1, -0.05) is 12.1 Å². The van der Waals surface area contributed by atoms with Crippen LogP contribution in [-0.4, -0.2) is 26.4 Å². The average molecular weight is 291 g/mol. The molecule has 1 aromatic heterocycles. The molecule has 1 N–H and O–H groups in total. The predicted octanol–water partition coefficient (Wildman–Crippen LogP) is 3.41. The summed E-state index contributed by atoms with van der Waals surface area (Å²) in [5, 5.41) is 3.33. The van der Waals surface area contributed by atoms with Crippen LogP contribution in [0.1, 0.15) is 11.8 Å². The number of para-hydroxylation sites is 1. The third-order valence-corrected chi connectivity index (χ3v) is 2.76. The number of halogens is 4. The lowest BCUT2D eigenvalue weighted by Gasteiger charge is -2.14. The van der Waals surface area contributed by atoms with Gasteiger partial charge in [-0.3, -0.25) is 0 Å². The maximum Gasteiger partial charge on any atom is 0.411 e. The minimum atomic E-state index is -4.38. The van der Waals surface area contributed by atoms with Crippen molar-refractivity contribution in [1.82, 2.24) is 5.32 Å². The first-order chi connectivity index (χ1) is 9.40. The SMILES string of the molecule is CNC(COCC(F)(F)F)c1cc2cccc(F)c2o1. The van der Waals surface area contributed by atoms with Crippen molar-refractivity contribution in [2.24, 2.45) is 0 Å². The lowest BCUT2D eigenvalue weighted by molar-refractivity contribution is -0.175. The topological polar surface area (TPSA) is 34.4 Å². The van der Waals surface area contributed by atoms with Crippen LogP contribution >= 0.6 is 0 Å². The third-order valence-electron chi connectivity index (χ3n) is 2.76. The summed E-state index contributed by atoms with van der Waals surface area (Å²) < 4.78 is 59.5. The molecule has 0 saturated heterocycles. The molecule has 0 aliphatic heterocycles. The lowest BCUT2D eigenvalue weighted by Crippen LogP contribution is -2.25. The predicted molar refractivity (Wildman–Crippen MR) is 64.8 cm³/mol. The second kappa shape index (κ2) is 5.80. The quantitative estimate of drug-likeness (QED) is 0.857. The van der Waals surface area contributed by atoms with Crippen LogP contribution in [0.3, 0.4) is 0 Å². The molecule has 1 atom stereocenters. The molecule has 110 valence electrons. The standard InChI is InChI=1S/C13H13F4NO2/c1-18-10(6-19-7-13(15,16)17)11-5-8-3-2-4-9(14)12(8)20-11/h2-5,10,18H,6-7H2,1H3. The van der Waals surface area contributed by atoms with E-state index in [0.717, 1.165) is 0 Å². The summed E-state index contributed by atoms with van der Waals surface area (Å²) in [5.74, 6) is -0.186. The number of hydrogen-bond acceptors (Lipinski definition) is 3. The number of likely N-dealkylation sites (N-methyl/N-ethyl adjacent to an activating group) is 1. The van der Waals surface area contributed by atoms with Crippen LogP contribution in [-0.2, 0) is 4.74 Å². The molecule has 0 amide bonds. The van der Waals surface area contributed by atoms with Crippen LogP contribution in [0.25, 0.3) is 11.0 Å². The highest BCUT2D eigenvalue weighted by Crippen LogP contribution is 2.26. The van der Waals surface area contributed by atoms with Gasteiger partial charge in [0.1, 0.15) is 12.4 Å². The zero-order valence-electron chi connectivity index (χ0n) is 10.6. The van der Waals surface area contributed by atoms with Gasteiger partial charge in [0.25, 0.3) is 0 Å². The molecule has 0 fully saturated rings. The van der Waals surface area contributed by atoms with Crippen molar-refractivity contribution in [1.29, 1.82) is 0 Å². The molecule has 0 aliphatic carbocycles. The largest absolute Gasteiger partial charge is 0.456 e. The summed E-state index contributed by atoms with van der Waals surface area (Å²) in [6.45, 7) is -1.56. The Kier molecular flexibility index (Phi) is 4.29. The van der Waals surface area contributed by atoms with Crippen molar-refractivity contribution in [3.05, 3.63) is 35.8 Å².